The second-order valence-electron chi connectivity index (χ2n) is 4.68. The summed E-state index contributed by atoms with van der Waals surface area (Å²) in [5, 5.41) is 12.1. The van der Waals surface area contributed by atoms with Crippen molar-refractivity contribution in [3.8, 4) is 0 Å². The SMILES string of the molecule is CCC1C(=O)NCCN1c1ccc(CO)c(C)c1. The average Bonchev–Trinajstić information content (AvgIpc) is 2.38. The third kappa shape index (κ3) is 2.34. The molecule has 1 amide bonds. The number of rotatable bonds is 3. The molecule has 0 spiro atoms. The van der Waals surface area contributed by atoms with Gasteiger partial charge >= 0.3 is 0 Å². The van der Waals surface area contributed by atoms with Crippen LogP contribution in [-0.2, 0) is 11.4 Å². The average molecular weight is 248 g/mol. The Morgan fingerprint density at radius 2 is 2.28 bits per heavy atom. The lowest BCUT2D eigenvalue weighted by atomic mass is 10.0. The van der Waals surface area contributed by atoms with E-state index >= 15 is 0 Å². The fourth-order valence-electron chi connectivity index (χ4n) is 2.47. The highest BCUT2D eigenvalue weighted by molar-refractivity contribution is 5.86. The summed E-state index contributed by atoms with van der Waals surface area (Å²) in [4.78, 5) is 14.0. The van der Waals surface area contributed by atoms with Crippen molar-refractivity contribution in [1.82, 2.24) is 5.32 Å². The van der Waals surface area contributed by atoms with Crippen molar-refractivity contribution in [1.29, 1.82) is 0 Å². The smallest absolute Gasteiger partial charge is 0.242 e. The summed E-state index contributed by atoms with van der Waals surface area (Å²) in [6, 6.07) is 5.88. The summed E-state index contributed by atoms with van der Waals surface area (Å²) in [6.45, 7) is 5.60. The molecule has 1 atom stereocenters. The molecule has 4 nitrogen and oxygen atoms in total. The van der Waals surface area contributed by atoms with Gasteiger partial charge in [-0.1, -0.05) is 13.0 Å². The first-order valence-electron chi connectivity index (χ1n) is 6.42. The van der Waals surface area contributed by atoms with Crippen LogP contribution in [-0.4, -0.2) is 30.1 Å². The van der Waals surface area contributed by atoms with Crippen molar-refractivity contribution in [3.63, 3.8) is 0 Å². The lowest BCUT2D eigenvalue weighted by Gasteiger charge is -2.36. The molecule has 0 aromatic heterocycles. The van der Waals surface area contributed by atoms with Crippen LogP contribution in [0.2, 0.25) is 0 Å². The minimum absolute atomic E-state index is 0.0593. The molecule has 2 rings (SSSR count). The number of carbonyl (C=O) groups is 1. The quantitative estimate of drug-likeness (QED) is 0.845. The number of amides is 1. The number of anilines is 1. The first-order chi connectivity index (χ1) is 8.67. The Hall–Kier alpha value is -1.55. The molecular formula is C14H20N2O2. The maximum Gasteiger partial charge on any atom is 0.242 e. The third-order valence-corrected chi connectivity index (χ3v) is 3.55. The van der Waals surface area contributed by atoms with Crippen LogP contribution in [0.15, 0.2) is 18.2 Å². The topological polar surface area (TPSA) is 52.6 Å². The Bertz CT molecular complexity index is 445. The summed E-state index contributed by atoms with van der Waals surface area (Å²) in [5.74, 6) is 0.104. The summed E-state index contributed by atoms with van der Waals surface area (Å²) in [6.07, 6.45) is 0.798. The summed E-state index contributed by atoms with van der Waals surface area (Å²) in [7, 11) is 0. The Balaban J connectivity index is 2.29. The molecule has 1 heterocycles. The number of aryl methyl sites for hydroxylation is 1. The van der Waals surface area contributed by atoms with E-state index < -0.39 is 0 Å². The molecular weight excluding hydrogens is 228 g/mol. The van der Waals surface area contributed by atoms with E-state index in [9.17, 15) is 9.90 Å². The fraction of sp³-hybridized carbons (Fsp3) is 0.500. The van der Waals surface area contributed by atoms with Gasteiger partial charge in [-0.2, -0.15) is 0 Å². The van der Waals surface area contributed by atoms with Gasteiger partial charge in [0.1, 0.15) is 6.04 Å². The van der Waals surface area contributed by atoms with Gasteiger partial charge in [0.15, 0.2) is 0 Å². The summed E-state index contributed by atoms with van der Waals surface area (Å²) >= 11 is 0. The van der Waals surface area contributed by atoms with E-state index in [0.717, 1.165) is 29.8 Å². The van der Waals surface area contributed by atoms with E-state index in [2.05, 4.69) is 10.2 Å². The number of aliphatic hydroxyl groups excluding tert-OH is 1. The molecule has 1 aliphatic heterocycles. The molecule has 1 aliphatic rings. The van der Waals surface area contributed by atoms with Gasteiger partial charge in [-0.3, -0.25) is 4.79 Å². The normalized spacial score (nSPS) is 19.8. The lowest BCUT2D eigenvalue weighted by Crippen LogP contribution is -2.55. The zero-order valence-electron chi connectivity index (χ0n) is 10.9. The van der Waals surface area contributed by atoms with Gasteiger partial charge in [0.25, 0.3) is 0 Å². The maximum absolute atomic E-state index is 11.8. The van der Waals surface area contributed by atoms with Crippen molar-refractivity contribution in [2.45, 2.75) is 32.9 Å². The minimum atomic E-state index is -0.0851. The molecule has 1 saturated heterocycles. The highest BCUT2D eigenvalue weighted by Gasteiger charge is 2.28. The van der Waals surface area contributed by atoms with Crippen molar-refractivity contribution >= 4 is 11.6 Å². The van der Waals surface area contributed by atoms with Crippen LogP contribution >= 0.6 is 0 Å². The molecule has 0 aliphatic carbocycles. The van der Waals surface area contributed by atoms with E-state index in [1.807, 2.05) is 32.0 Å². The maximum atomic E-state index is 11.8. The zero-order valence-corrected chi connectivity index (χ0v) is 10.9. The molecule has 4 heteroatoms. The zero-order chi connectivity index (χ0) is 13.1. The van der Waals surface area contributed by atoms with E-state index in [-0.39, 0.29) is 18.6 Å². The predicted molar refractivity (Wildman–Crippen MR) is 71.5 cm³/mol. The van der Waals surface area contributed by atoms with Crippen LogP contribution in [0, 0.1) is 6.92 Å². The summed E-state index contributed by atoms with van der Waals surface area (Å²) in [5.41, 5.74) is 3.07. The molecule has 0 bridgehead atoms. The first kappa shape index (κ1) is 12.9. The van der Waals surface area contributed by atoms with E-state index in [1.54, 1.807) is 0 Å². The monoisotopic (exact) mass is 248 g/mol. The number of hydrogen-bond acceptors (Lipinski definition) is 3. The van der Waals surface area contributed by atoms with Crippen molar-refractivity contribution in [2.75, 3.05) is 18.0 Å². The molecule has 98 valence electrons. The van der Waals surface area contributed by atoms with Crippen LogP contribution in [0.5, 0.6) is 0 Å². The number of benzene rings is 1. The lowest BCUT2D eigenvalue weighted by molar-refractivity contribution is -0.123. The van der Waals surface area contributed by atoms with Crippen LogP contribution in [0.25, 0.3) is 0 Å². The molecule has 2 N–H and O–H groups in total. The molecule has 1 aromatic rings. The van der Waals surface area contributed by atoms with Gasteiger partial charge in [0.2, 0.25) is 5.91 Å². The van der Waals surface area contributed by atoms with Gasteiger partial charge in [-0.05, 0) is 36.6 Å². The highest BCUT2D eigenvalue weighted by Crippen LogP contribution is 2.23. The minimum Gasteiger partial charge on any atom is -0.392 e. The number of hydrogen-bond donors (Lipinski definition) is 2. The Kier molecular flexibility index (Phi) is 3.87. The summed E-state index contributed by atoms with van der Waals surface area (Å²) < 4.78 is 0. The molecule has 18 heavy (non-hydrogen) atoms. The van der Waals surface area contributed by atoms with Crippen molar-refractivity contribution < 1.29 is 9.90 Å². The highest BCUT2D eigenvalue weighted by atomic mass is 16.3. The van der Waals surface area contributed by atoms with Crippen molar-refractivity contribution in [2.24, 2.45) is 0 Å². The van der Waals surface area contributed by atoms with Crippen molar-refractivity contribution in [3.05, 3.63) is 29.3 Å². The Morgan fingerprint density at radius 3 is 2.89 bits per heavy atom. The number of nitrogens with one attached hydrogen (secondary N) is 1. The molecule has 1 aromatic carbocycles. The number of nitrogens with zero attached hydrogens (tertiary/aromatic N) is 1. The first-order valence-corrected chi connectivity index (χ1v) is 6.42. The van der Waals surface area contributed by atoms with E-state index in [0.29, 0.717) is 6.54 Å². The van der Waals surface area contributed by atoms with Crippen LogP contribution < -0.4 is 10.2 Å². The second kappa shape index (κ2) is 5.40. The van der Waals surface area contributed by atoms with E-state index in [1.165, 1.54) is 0 Å². The van der Waals surface area contributed by atoms with Crippen LogP contribution in [0.3, 0.4) is 0 Å². The molecule has 0 saturated carbocycles. The van der Waals surface area contributed by atoms with Gasteiger partial charge < -0.3 is 15.3 Å². The fourth-order valence-corrected chi connectivity index (χ4v) is 2.47. The standard InChI is InChI=1S/C14H20N2O2/c1-3-13-14(18)15-6-7-16(13)12-5-4-11(9-17)10(2)8-12/h4-5,8,13,17H,3,6-7,9H2,1-2H3,(H,15,18). The number of piperazine rings is 1. The van der Waals surface area contributed by atoms with Crippen LogP contribution in [0.4, 0.5) is 5.69 Å². The van der Waals surface area contributed by atoms with Crippen LogP contribution in [0.1, 0.15) is 24.5 Å². The molecule has 1 unspecified atom stereocenters. The second-order valence-corrected chi connectivity index (χ2v) is 4.68. The predicted octanol–water partition coefficient (Wildman–Crippen LogP) is 1.20. The Morgan fingerprint density at radius 1 is 1.50 bits per heavy atom. The molecule has 1 fully saturated rings. The van der Waals surface area contributed by atoms with Gasteiger partial charge in [-0.15, -0.1) is 0 Å². The number of carbonyl (C=O) groups excluding carboxylic acids is 1. The molecule has 0 radical (unpaired) electrons. The number of aliphatic hydroxyl groups is 1. The largest absolute Gasteiger partial charge is 0.392 e. The van der Waals surface area contributed by atoms with E-state index in [4.69, 9.17) is 0 Å². The third-order valence-electron chi connectivity index (χ3n) is 3.55. The van der Waals surface area contributed by atoms with Gasteiger partial charge in [0, 0.05) is 18.8 Å². The van der Waals surface area contributed by atoms with Gasteiger partial charge in [-0.25, -0.2) is 0 Å². The Labute approximate surface area is 108 Å². The van der Waals surface area contributed by atoms with Gasteiger partial charge in [0.05, 0.1) is 6.61 Å².